The topological polar surface area (TPSA) is 61.4 Å². The quantitative estimate of drug-likeness (QED) is 0.682. The van der Waals surface area contributed by atoms with Crippen molar-refractivity contribution in [1.29, 1.82) is 0 Å². The highest BCUT2D eigenvalue weighted by Gasteiger charge is 2.25. The van der Waals surface area contributed by atoms with Crippen molar-refractivity contribution in [2.75, 3.05) is 26.2 Å². The molecule has 5 nitrogen and oxygen atoms in total. The lowest BCUT2D eigenvalue weighted by atomic mass is 10.2. The van der Waals surface area contributed by atoms with E-state index in [4.69, 9.17) is 0 Å². The lowest BCUT2D eigenvalue weighted by Crippen LogP contribution is -2.46. The number of nitrogens with one attached hydrogen (secondary N) is 2. The van der Waals surface area contributed by atoms with Gasteiger partial charge in [0.15, 0.2) is 0 Å². The second-order valence-corrected chi connectivity index (χ2v) is 5.91. The van der Waals surface area contributed by atoms with E-state index in [1.165, 1.54) is 0 Å². The zero-order valence-electron chi connectivity index (χ0n) is 10.2. The van der Waals surface area contributed by atoms with Crippen LogP contribution in [0.2, 0.25) is 0 Å². The van der Waals surface area contributed by atoms with Crippen LogP contribution in [0, 0.1) is 0 Å². The highest BCUT2D eigenvalue weighted by atomic mass is 32.2. The van der Waals surface area contributed by atoms with Crippen molar-refractivity contribution in [1.82, 2.24) is 14.3 Å². The molecule has 1 heterocycles. The van der Waals surface area contributed by atoms with E-state index in [9.17, 15) is 8.42 Å². The van der Waals surface area contributed by atoms with Crippen LogP contribution in [0.4, 0.5) is 0 Å². The minimum atomic E-state index is -3.28. The Bertz CT molecular complexity index is 286. The molecule has 0 aromatic rings. The summed E-state index contributed by atoms with van der Waals surface area (Å²) in [5.41, 5.74) is 0. The van der Waals surface area contributed by atoms with Gasteiger partial charge in [0.1, 0.15) is 0 Å². The van der Waals surface area contributed by atoms with E-state index in [2.05, 4.69) is 10.0 Å². The van der Waals surface area contributed by atoms with Crippen LogP contribution in [0.5, 0.6) is 0 Å². The van der Waals surface area contributed by atoms with Crippen LogP contribution in [0.3, 0.4) is 0 Å². The van der Waals surface area contributed by atoms with E-state index in [1.807, 2.05) is 6.92 Å². The maximum absolute atomic E-state index is 11.9. The predicted octanol–water partition coefficient (Wildman–Crippen LogP) is 0.305. The maximum Gasteiger partial charge on any atom is 0.279 e. The summed E-state index contributed by atoms with van der Waals surface area (Å²) in [6.45, 7) is 6.43. The smallest absolute Gasteiger partial charge is 0.279 e. The molecular formula is C10H23N3O2S. The molecule has 2 N–H and O–H groups in total. The molecule has 0 aromatic carbocycles. The lowest BCUT2D eigenvalue weighted by Gasteiger charge is -2.24. The van der Waals surface area contributed by atoms with Gasteiger partial charge in [-0.3, -0.25) is 0 Å². The minimum Gasteiger partial charge on any atom is -0.313 e. The molecule has 0 amide bonds. The Hall–Kier alpha value is -0.170. The Morgan fingerprint density at radius 3 is 2.69 bits per heavy atom. The Kier molecular flexibility index (Phi) is 5.68. The van der Waals surface area contributed by atoms with Gasteiger partial charge in [-0.15, -0.1) is 0 Å². The van der Waals surface area contributed by atoms with E-state index in [0.29, 0.717) is 25.7 Å². The molecule has 1 saturated heterocycles. The molecule has 0 radical (unpaired) electrons. The molecule has 0 saturated carbocycles. The number of rotatable bonds is 7. The zero-order valence-corrected chi connectivity index (χ0v) is 11.0. The van der Waals surface area contributed by atoms with Crippen molar-refractivity contribution in [3.63, 3.8) is 0 Å². The maximum atomic E-state index is 11.9. The van der Waals surface area contributed by atoms with Gasteiger partial charge in [-0.05, 0) is 25.8 Å². The molecule has 0 spiro atoms. The van der Waals surface area contributed by atoms with Crippen LogP contribution in [-0.4, -0.2) is 44.9 Å². The first-order valence-electron chi connectivity index (χ1n) is 6.08. The summed E-state index contributed by atoms with van der Waals surface area (Å²) in [6.07, 6.45) is 3.06. The van der Waals surface area contributed by atoms with E-state index in [1.54, 1.807) is 11.2 Å². The van der Waals surface area contributed by atoms with Gasteiger partial charge >= 0.3 is 0 Å². The zero-order chi connectivity index (χ0) is 12.0. The second-order valence-electron chi connectivity index (χ2n) is 4.15. The highest BCUT2D eigenvalue weighted by Crippen LogP contribution is 2.09. The van der Waals surface area contributed by atoms with Gasteiger partial charge in [-0.25, -0.2) is 4.72 Å². The van der Waals surface area contributed by atoms with E-state index >= 15 is 0 Å². The van der Waals surface area contributed by atoms with Crippen molar-refractivity contribution in [2.24, 2.45) is 0 Å². The summed E-state index contributed by atoms with van der Waals surface area (Å²) >= 11 is 0. The van der Waals surface area contributed by atoms with Crippen LogP contribution >= 0.6 is 0 Å². The summed E-state index contributed by atoms with van der Waals surface area (Å²) < 4.78 is 27.9. The van der Waals surface area contributed by atoms with Crippen molar-refractivity contribution < 1.29 is 8.42 Å². The standard InChI is InChI=1S/C10H23N3O2S/c1-3-8-13(16(14,15)12-4-2)9-10-6-5-7-11-10/h10-12H,3-9H2,1-2H3. The summed E-state index contributed by atoms with van der Waals surface area (Å²) in [5.74, 6) is 0. The van der Waals surface area contributed by atoms with Crippen LogP contribution < -0.4 is 10.0 Å². The number of hydrogen-bond donors (Lipinski definition) is 2. The Balaban J connectivity index is 2.58. The SMILES string of the molecule is CCCN(CC1CCCN1)S(=O)(=O)NCC. The van der Waals surface area contributed by atoms with Gasteiger partial charge in [0.05, 0.1) is 0 Å². The van der Waals surface area contributed by atoms with Crippen LogP contribution in [0.1, 0.15) is 33.1 Å². The van der Waals surface area contributed by atoms with Gasteiger partial charge in [-0.2, -0.15) is 12.7 Å². The summed E-state index contributed by atoms with van der Waals surface area (Å²) in [4.78, 5) is 0. The fraction of sp³-hybridized carbons (Fsp3) is 1.00. The van der Waals surface area contributed by atoms with E-state index < -0.39 is 10.2 Å². The molecule has 0 aliphatic carbocycles. The highest BCUT2D eigenvalue weighted by molar-refractivity contribution is 7.87. The molecule has 6 heteroatoms. The summed E-state index contributed by atoms with van der Waals surface area (Å²) in [7, 11) is -3.28. The minimum absolute atomic E-state index is 0.319. The Morgan fingerprint density at radius 1 is 1.44 bits per heavy atom. The van der Waals surface area contributed by atoms with E-state index in [0.717, 1.165) is 25.8 Å². The average Bonchev–Trinajstić information content (AvgIpc) is 2.69. The van der Waals surface area contributed by atoms with Gasteiger partial charge in [0.25, 0.3) is 10.2 Å². The van der Waals surface area contributed by atoms with Crippen LogP contribution in [-0.2, 0) is 10.2 Å². The molecule has 0 bridgehead atoms. The first kappa shape index (κ1) is 13.9. The lowest BCUT2D eigenvalue weighted by molar-refractivity contribution is 0.364. The average molecular weight is 249 g/mol. The van der Waals surface area contributed by atoms with Gasteiger partial charge < -0.3 is 5.32 Å². The largest absolute Gasteiger partial charge is 0.313 e. The van der Waals surface area contributed by atoms with Gasteiger partial charge in [0.2, 0.25) is 0 Å². The van der Waals surface area contributed by atoms with Crippen molar-refractivity contribution in [2.45, 2.75) is 39.2 Å². The normalized spacial score (nSPS) is 21.8. The molecule has 0 aromatic heterocycles. The fourth-order valence-electron chi connectivity index (χ4n) is 1.99. The molecular weight excluding hydrogens is 226 g/mol. The van der Waals surface area contributed by atoms with E-state index in [-0.39, 0.29) is 0 Å². The van der Waals surface area contributed by atoms with Crippen molar-refractivity contribution in [3.8, 4) is 0 Å². The third-order valence-electron chi connectivity index (χ3n) is 2.73. The molecule has 1 fully saturated rings. The first-order valence-corrected chi connectivity index (χ1v) is 7.52. The molecule has 96 valence electrons. The molecule has 1 atom stereocenters. The third kappa shape index (κ3) is 4.01. The summed E-state index contributed by atoms with van der Waals surface area (Å²) in [5, 5.41) is 3.33. The van der Waals surface area contributed by atoms with Gasteiger partial charge in [0, 0.05) is 25.7 Å². The fourth-order valence-corrected chi connectivity index (χ4v) is 3.34. The monoisotopic (exact) mass is 249 g/mol. The molecule has 1 rings (SSSR count). The Labute approximate surface area is 98.8 Å². The third-order valence-corrected chi connectivity index (χ3v) is 4.39. The second kappa shape index (κ2) is 6.54. The van der Waals surface area contributed by atoms with Crippen LogP contribution in [0.25, 0.3) is 0 Å². The number of hydrogen-bond acceptors (Lipinski definition) is 3. The molecule has 1 aliphatic rings. The number of nitrogens with zero attached hydrogens (tertiary/aromatic N) is 1. The predicted molar refractivity (Wildman–Crippen MR) is 65.5 cm³/mol. The first-order chi connectivity index (χ1) is 7.60. The van der Waals surface area contributed by atoms with Crippen molar-refractivity contribution in [3.05, 3.63) is 0 Å². The molecule has 1 unspecified atom stereocenters. The Morgan fingerprint density at radius 2 is 2.19 bits per heavy atom. The van der Waals surface area contributed by atoms with Crippen LogP contribution in [0.15, 0.2) is 0 Å². The summed E-state index contributed by atoms with van der Waals surface area (Å²) in [6, 6.07) is 0.319. The molecule has 1 aliphatic heterocycles. The van der Waals surface area contributed by atoms with Gasteiger partial charge in [-0.1, -0.05) is 13.8 Å². The van der Waals surface area contributed by atoms with Crippen molar-refractivity contribution >= 4 is 10.2 Å². The molecule has 16 heavy (non-hydrogen) atoms.